The Kier molecular flexibility index (Phi) is 2.46. The number of anilines is 1. The summed E-state index contributed by atoms with van der Waals surface area (Å²) in [6.45, 7) is 0. The van der Waals surface area contributed by atoms with Crippen LogP contribution in [0.1, 0.15) is 15.4 Å². The van der Waals surface area contributed by atoms with Gasteiger partial charge in [0.25, 0.3) is 0 Å². The lowest BCUT2D eigenvalue weighted by Gasteiger charge is -2.04. The van der Waals surface area contributed by atoms with E-state index in [9.17, 15) is 18.0 Å². The third-order valence-electron chi connectivity index (χ3n) is 2.08. The number of carboxylic acid groups (broad SMARTS) is 1. The monoisotopic (exact) mass is 262 g/mol. The molecule has 0 saturated carbocycles. The van der Waals surface area contributed by atoms with Crippen molar-refractivity contribution >= 4 is 33.2 Å². The average Bonchev–Trinajstić information content (AvgIpc) is 2.54. The first kappa shape index (κ1) is 11.6. The van der Waals surface area contributed by atoms with Crippen molar-refractivity contribution in [3.8, 4) is 0 Å². The topological polar surface area (TPSA) is 76.2 Å². The van der Waals surface area contributed by atoms with Gasteiger partial charge in [0, 0.05) is 5.39 Å². The molecule has 2 aromatic heterocycles. The van der Waals surface area contributed by atoms with Gasteiger partial charge in [-0.2, -0.15) is 13.2 Å². The summed E-state index contributed by atoms with van der Waals surface area (Å²) in [6.07, 6.45) is -4.56. The van der Waals surface area contributed by atoms with E-state index >= 15 is 0 Å². The molecule has 8 heteroatoms. The van der Waals surface area contributed by atoms with E-state index in [1.54, 1.807) is 0 Å². The van der Waals surface area contributed by atoms with E-state index in [-0.39, 0.29) is 20.8 Å². The molecule has 2 aromatic rings. The quantitative estimate of drug-likeness (QED) is 0.828. The Balaban J connectivity index is 2.68. The van der Waals surface area contributed by atoms with Crippen molar-refractivity contribution in [2.24, 2.45) is 0 Å². The second-order valence-corrected chi connectivity index (χ2v) is 4.20. The molecule has 0 radical (unpaired) electrons. The molecule has 0 unspecified atom stereocenters. The molecule has 0 fully saturated rings. The molecule has 0 bridgehead atoms. The number of alkyl halides is 3. The zero-order valence-electron chi connectivity index (χ0n) is 8.08. The molecule has 0 saturated heterocycles. The maximum absolute atomic E-state index is 12.4. The highest BCUT2D eigenvalue weighted by Crippen LogP contribution is 2.35. The van der Waals surface area contributed by atoms with Crippen LogP contribution in [0.2, 0.25) is 0 Å². The molecule has 0 spiro atoms. The first-order valence-electron chi connectivity index (χ1n) is 4.30. The van der Waals surface area contributed by atoms with Gasteiger partial charge in [-0.25, -0.2) is 9.78 Å². The highest BCUT2D eigenvalue weighted by molar-refractivity contribution is 7.21. The molecule has 0 aliphatic carbocycles. The number of fused-ring (bicyclic) bond motifs is 1. The number of carbonyl (C=O) groups is 1. The van der Waals surface area contributed by atoms with Crippen LogP contribution in [0, 0.1) is 0 Å². The van der Waals surface area contributed by atoms with Crippen LogP contribution in [0.3, 0.4) is 0 Å². The van der Waals surface area contributed by atoms with Gasteiger partial charge < -0.3 is 10.8 Å². The molecule has 0 aromatic carbocycles. The van der Waals surface area contributed by atoms with E-state index in [1.165, 1.54) is 0 Å². The molecule has 17 heavy (non-hydrogen) atoms. The van der Waals surface area contributed by atoms with E-state index < -0.39 is 17.8 Å². The molecule has 0 atom stereocenters. The number of hydrogen-bond donors (Lipinski definition) is 2. The molecule has 4 nitrogen and oxygen atoms in total. The normalized spacial score (nSPS) is 11.9. The molecular formula is C9H5F3N2O2S. The fraction of sp³-hybridized carbons (Fsp3) is 0.111. The third kappa shape index (κ3) is 1.91. The fourth-order valence-electron chi connectivity index (χ4n) is 1.31. The first-order chi connectivity index (χ1) is 7.80. The maximum atomic E-state index is 12.4. The van der Waals surface area contributed by atoms with Crippen LogP contribution in [-0.4, -0.2) is 16.1 Å². The summed E-state index contributed by atoms with van der Waals surface area (Å²) in [7, 11) is 0. The van der Waals surface area contributed by atoms with E-state index in [0.29, 0.717) is 11.3 Å². The summed E-state index contributed by atoms with van der Waals surface area (Å²) in [4.78, 5) is 13.9. The number of nitrogens with two attached hydrogens (primary N) is 1. The molecule has 2 rings (SSSR count). The second kappa shape index (κ2) is 3.59. The van der Waals surface area contributed by atoms with Gasteiger partial charge in [0.2, 0.25) is 0 Å². The van der Waals surface area contributed by atoms with Crippen molar-refractivity contribution in [3.05, 3.63) is 22.7 Å². The zero-order chi connectivity index (χ0) is 12.8. The minimum Gasteiger partial charge on any atom is -0.477 e. The number of carboxylic acids is 1. The van der Waals surface area contributed by atoms with Gasteiger partial charge >= 0.3 is 12.1 Å². The summed E-state index contributed by atoms with van der Waals surface area (Å²) in [6, 6.07) is 1.90. The lowest BCUT2D eigenvalue weighted by Crippen LogP contribution is -2.07. The van der Waals surface area contributed by atoms with Crippen molar-refractivity contribution in [1.29, 1.82) is 0 Å². The van der Waals surface area contributed by atoms with Crippen LogP contribution in [0.25, 0.3) is 10.2 Å². The van der Waals surface area contributed by atoms with E-state index in [2.05, 4.69) is 4.98 Å². The number of aromatic carboxylic acids is 1. The standard InChI is InChI=1S/C9H5F3N2O2S/c10-9(11,12)4-2-1-3-5(13)6(8(15)16)17-7(3)14-4/h1-2H,13H2,(H,15,16). The Morgan fingerprint density at radius 3 is 2.59 bits per heavy atom. The number of nitrogen functional groups attached to an aromatic ring is 1. The van der Waals surface area contributed by atoms with Crippen molar-refractivity contribution in [2.45, 2.75) is 6.18 Å². The number of thiophene rings is 1. The molecule has 0 aliphatic heterocycles. The zero-order valence-corrected chi connectivity index (χ0v) is 8.89. The van der Waals surface area contributed by atoms with E-state index in [4.69, 9.17) is 10.8 Å². The highest BCUT2D eigenvalue weighted by atomic mass is 32.1. The molecule has 90 valence electrons. The molecule has 0 aliphatic rings. The first-order valence-corrected chi connectivity index (χ1v) is 5.12. The van der Waals surface area contributed by atoms with Crippen LogP contribution < -0.4 is 5.73 Å². The number of hydrogen-bond acceptors (Lipinski definition) is 4. The Hall–Kier alpha value is -1.83. The van der Waals surface area contributed by atoms with E-state index in [0.717, 1.165) is 12.1 Å². The van der Waals surface area contributed by atoms with Gasteiger partial charge in [0.15, 0.2) is 0 Å². The Bertz CT molecular complexity index is 606. The maximum Gasteiger partial charge on any atom is 0.433 e. The lowest BCUT2D eigenvalue weighted by molar-refractivity contribution is -0.140. The summed E-state index contributed by atoms with van der Waals surface area (Å²) in [5, 5.41) is 9.00. The lowest BCUT2D eigenvalue weighted by atomic mass is 10.2. The number of halogens is 3. The van der Waals surface area contributed by atoms with Gasteiger partial charge in [-0.15, -0.1) is 11.3 Å². The van der Waals surface area contributed by atoms with E-state index in [1.807, 2.05) is 0 Å². The highest BCUT2D eigenvalue weighted by Gasteiger charge is 2.33. The predicted octanol–water partition coefficient (Wildman–Crippen LogP) is 2.60. The Morgan fingerprint density at radius 2 is 2.06 bits per heavy atom. The van der Waals surface area contributed by atoms with Crippen molar-refractivity contribution in [1.82, 2.24) is 4.98 Å². The summed E-state index contributed by atoms with van der Waals surface area (Å²) >= 11 is 0.627. The SMILES string of the molecule is Nc1c(C(=O)O)sc2nc(C(F)(F)F)ccc12. The molecule has 3 N–H and O–H groups in total. The number of pyridine rings is 1. The van der Waals surface area contributed by atoms with Gasteiger partial charge in [-0.3, -0.25) is 0 Å². The molecular weight excluding hydrogens is 257 g/mol. The summed E-state index contributed by atoms with van der Waals surface area (Å²) in [5.74, 6) is -1.28. The summed E-state index contributed by atoms with van der Waals surface area (Å²) < 4.78 is 37.1. The minimum absolute atomic E-state index is 0.0327. The van der Waals surface area contributed by atoms with Crippen LogP contribution in [-0.2, 0) is 6.18 Å². The number of rotatable bonds is 1. The van der Waals surface area contributed by atoms with Crippen LogP contribution in [0.4, 0.5) is 18.9 Å². The smallest absolute Gasteiger partial charge is 0.433 e. The largest absolute Gasteiger partial charge is 0.477 e. The van der Waals surface area contributed by atoms with Gasteiger partial charge in [0.1, 0.15) is 15.4 Å². The van der Waals surface area contributed by atoms with Crippen molar-refractivity contribution in [2.75, 3.05) is 5.73 Å². The fourth-order valence-corrected chi connectivity index (χ4v) is 2.25. The predicted molar refractivity (Wildman–Crippen MR) is 56.0 cm³/mol. The summed E-state index contributed by atoms with van der Waals surface area (Å²) in [5.41, 5.74) is 4.38. The Labute approximate surface area is 96.5 Å². The minimum atomic E-state index is -4.56. The number of nitrogens with zero attached hydrogens (tertiary/aromatic N) is 1. The van der Waals surface area contributed by atoms with Crippen LogP contribution in [0.5, 0.6) is 0 Å². The third-order valence-corrected chi connectivity index (χ3v) is 3.18. The Morgan fingerprint density at radius 1 is 1.41 bits per heavy atom. The average molecular weight is 262 g/mol. The second-order valence-electron chi connectivity index (χ2n) is 3.20. The number of aromatic nitrogens is 1. The molecule has 0 amide bonds. The van der Waals surface area contributed by atoms with Crippen LogP contribution in [0.15, 0.2) is 12.1 Å². The van der Waals surface area contributed by atoms with Crippen molar-refractivity contribution < 1.29 is 23.1 Å². The van der Waals surface area contributed by atoms with Gasteiger partial charge in [0.05, 0.1) is 5.69 Å². The van der Waals surface area contributed by atoms with Gasteiger partial charge in [-0.05, 0) is 12.1 Å². The van der Waals surface area contributed by atoms with Crippen LogP contribution >= 0.6 is 11.3 Å². The van der Waals surface area contributed by atoms with Gasteiger partial charge in [-0.1, -0.05) is 0 Å². The van der Waals surface area contributed by atoms with Crippen molar-refractivity contribution in [3.63, 3.8) is 0 Å². The molecule has 2 heterocycles.